The van der Waals surface area contributed by atoms with E-state index in [1.54, 1.807) is 18.2 Å². The number of aromatic carboxylic acids is 1. The number of carboxylic acids is 1. The zero-order valence-electron chi connectivity index (χ0n) is 10.3. The summed E-state index contributed by atoms with van der Waals surface area (Å²) in [7, 11) is 0. The molecule has 1 heterocycles. The van der Waals surface area contributed by atoms with Crippen molar-refractivity contribution < 1.29 is 18.8 Å². The number of nitrogens with zero attached hydrogens (tertiary/aromatic N) is 1. The molecule has 0 atom stereocenters. The van der Waals surface area contributed by atoms with Gasteiger partial charge >= 0.3 is 5.97 Å². The highest BCUT2D eigenvalue weighted by atomic mass is 79.9. The van der Waals surface area contributed by atoms with Gasteiger partial charge in [0.2, 0.25) is 5.76 Å². The van der Waals surface area contributed by atoms with Gasteiger partial charge in [-0.3, -0.25) is 0 Å². The van der Waals surface area contributed by atoms with Crippen molar-refractivity contribution in [3.63, 3.8) is 0 Å². The van der Waals surface area contributed by atoms with Gasteiger partial charge in [0.25, 0.3) is 0 Å². The van der Waals surface area contributed by atoms with E-state index >= 15 is 0 Å². The Bertz CT molecular complexity index is 631. The van der Waals surface area contributed by atoms with Gasteiger partial charge in [-0.2, -0.15) is 0 Å². The molecule has 2 aromatic rings. The molecule has 2 rings (SSSR count). The first kappa shape index (κ1) is 13.7. The van der Waals surface area contributed by atoms with E-state index in [4.69, 9.17) is 5.11 Å². The fraction of sp³-hybridized carbons (Fsp3) is 0.231. The molecule has 0 amide bonds. The van der Waals surface area contributed by atoms with Crippen LogP contribution in [0.25, 0.3) is 11.3 Å². The molecule has 0 spiro atoms. The van der Waals surface area contributed by atoms with Crippen LogP contribution in [0.2, 0.25) is 0 Å². The molecule has 0 aliphatic rings. The fourth-order valence-corrected chi connectivity index (χ4v) is 2.52. The fourth-order valence-electron chi connectivity index (χ4n) is 1.67. The molecule has 0 fully saturated rings. The Morgan fingerprint density at radius 2 is 2.11 bits per heavy atom. The summed E-state index contributed by atoms with van der Waals surface area (Å²) in [5.74, 6) is -1.42. The summed E-state index contributed by atoms with van der Waals surface area (Å²) < 4.78 is 19.2. The number of benzene rings is 1. The van der Waals surface area contributed by atoms with E-state index in [2.05, 4.69) is 25.6 Å². The van der Waals surface area contributed by atoms with Gasteiger partial charge in [-0.15, -0.1) is 0 Å². The normalized spacial score (nSPS) is 11.6. The van der Waals surface area contributed by atoms with Gasteiger partial charge in [-0.05, 0) is 19.9 Å². The molecule has 1 N–H and O–H groups in total. The molecule has 0 bridgehead atoms. The quantitative estimate of drug-likeness (QED) is 0.925. The Kier molecular flexibility index (Phi) is 3.45. The summed E-state index contributed by atoms with van der Waals surface area (Å²) in [6.45, 7) is 2.93. The second-order valence-electron chi connectivity index (χ2n) is 4.55. The number of carboxylic acid groups (broad SMARTS) is 1. The summed E-state index contributed by atoms with van der Waals surface area (Å²) in [6.07, 6.45) is 0. The topological polar surface area (TPSA) is 63.3 Å². The zero-order valence-corrected chi connectivity index (χ0v) is 11.9. The van der Waals surface area contributed by atoms with Crippen molar-refractivity contribution in [1.29, 1.82) is 0 Å². The summed E-state index contributed by atoms with van der Waals surface area (Å²) in [5, 5.41) is 12.4. The number of hydrogen-bond donors (Lipinski definition) is 1. The Morgan fingerprint density at radius 3 is 2.58 bits per heavy atom. The SMILES string of the molecule is CC(C)(F)c1ccc(-c2cc(C(=O)O)on2)cc1Br. The van der Waals surface area contributed by atoms with E-state index in [1.165, 1.54) is 19.9 Å². The maximum atomic E-state index is 13.9. The minimum Gasteiger partial charge on any atom is -0.475 e. The molecule has 1 aromatic heterocycles. The van der Waals surface area contributed by atoms with Gasteiger partial charge in [0.05, 0.1) is 0 Å². The van der Waals surface area contributed by atoms with Gasteiger partial charge < -0.3 is 9.63 Å². The highest BCUT2D eigenvalue weighted by molar-refractivity contribution is 9.10. The van der Waals surface area contributed by atoms with Crippen LogP contribution >= 0.6 is 15.9 Å². The number of carbonyl (C=O) groups is 1. The van der Waals surface area contributed by atoms with Crippen molar-refractivity contribution in [3.05, 3.63) is 40.1 Å². The van der Waals surface area contributed by atoms with Crippen LogP contribution in [0.3, 0.4) is 0 Å². The number of hydrogen-bond acceptors (Lipinski definition) is 3. The molecule has 0 aliphatic heterocycles. The third kappa shape index (κ3) is 2.84. The lowest BCUT2D eigenvalue weighted by atomic mass is 9.98. The van der Waals surface area contributed by atoms with E-state index in [9.17, 15) is 9.18 Å². The van der Waals surface area contributed by atoms with Gasteiger partial charge in [0.15, 0.2) is 0 Å². The van der Waals surface area contributed by atoms with Crippen molar-refractivity contribution in [2.45, 2.75) is 19.5 Å². The van der Waals surface area contributed by atoms with Crippen LogP contribution < -0.4 is 0 Å². The summed E-state index contributed by atoms with van der Waals surface area (Å²) in [6, 6.07) is 6.31. The van der Waals surface area contributed by atoms with Crippen LogP contribution in [0.5, 0.6) is 0 Å². The zero-order chi connectivity index (χ0) is 14.2. The molecule has 0 aliphatic carbocycles. The number of alkyl halides is 1. The second-order valence-corrected chi connectivity index (χ2v) is 5.40. The lowest BCUT2D eigenvalue weighted by molar-refractivity contribution is 0.0652. The summed E-state index contributed by atoms with van der Waals surface area (Å²) in [4.78, 5) is 10.7. The van der Waals surface area contributed by atoms with E-state index in [0.717, 1.165) is 0 Å². The third-order valence-electron chi connectivity index (χ3n) is 2.63. The average molecular weight is 328 g/mol. The molecule has 0 saturated carbocycles. The van der Waals surface area contributed by atoms with Gasteiger partial charge in [-0.25, -0.2) is 9.18 Å². The molecule has 1 aromatic carbocycles. The van der Waals surface area contributed by atoms with Crippen LogP contribution in [-0.4, -0.2) is 16.2 Å². The van der Waals surface area contributed by atoms with Crippen molar-refractivity contribution >= 4 is 21.9 Å². The largest absolute Gasteiger partial charge is 0.475 e. The Morgan fingerprint density at radius 1 is 1.42 bits per heavy atom. The molecule has 6 heteroatoms. The number of halogens is 2. The predicted octanol–water partition coefficient (Wildman–Crippen LogP) is 4.01. The van der Waals surface area contributed by atoms with Crippen molar-refractivity contribution in [2.24, 2.45) is 0 Å². The highest BCUT2D eigenvalue weighted by Gasteiger charge is 2.22. The van der Waals surface area contributed by atoms with Gasteiger partial charge in [0, 0.05) is 21.7 Å². The minimum atomic E-state index is -1.46. The van der Waals surface area contributed by atoms with Crippen LogP contribution in [0.15, 0.2) is 33.3 Å². The Hall–Kier alpha value is -1.69. The first-order valence-electron chi connectivity index (χ1n) is 5.48. The van der Waals surface area contributed by atoms with Crippen LogP contribution in [0.4, 0.5) is 4.39 Å². The summed E-state index contributed by atoms with van der Waals surface area (Å²) in [5.41, 5.74) is 0.0867. The van der Waals surface area contributed by atoms with Crippen LogP contribution in [0, 0.1) is 0 Å². The van der Waals surface area contributed by atoms with Crippen molar-refractivity contribution in [2.75, 3.05) is 0 Å². The molecular formula is C13H11BrFNO3. The molecule has 0 saturated heterocycles. The number of rotatable bonds is 3. The lowest BCUT2D eigenvalue weighted by Gasteiger charge is -2.16. The molecule has 0 radical (unpaired) electrons. The van der Waals surface area contributed by atoms with E-state index in [-0.39, 0.29) is 5.76 Å². The maximum absolute atomic E-state index is 13.9. The average Bonchev–Trinajstić information content (AvgIpc) is 2.76. The molecule has 100 valence electrons. The van der Waals surface area contributed by atoms with Crippen molar-refractivity contribution in [1.82, 2.24) is 5.16 Å². The smallest absolute Gasteiger partial charge is 0.374 e. The first-order valence-corrected chi connectivity index (χ1v) is 6.27. The van der Waals surface area contributed by atoms with Crippen LogP contribution in [-0.2, 0) is 5.67 Å². The minimum absolute atomic E-state index is 0.235. The Balaban J connectivity index is 2.41. The number of aromatic nitrogens is 1. The highest BCUT2D eigenvalue weighted by Crippen LogP contribution is 2.34. The van der Waals surface area contributed by atoms with Crippen LogP contribution in [0.1, 0.15) is 30.0 Å². The standard InChI is InChI=1S/C13H11BrFNO3/c1-13(2,15)8-4-3-7(5-9(8)14)10-6-11(12(17)18)19-16-10/h3-6H,1-2H3,(H,17,18). The lowest BCUT2D eigenvalue weighted by Crippen LogP contribution is -2.09. The van der Waals surface area contributed by atoms with E-state index < -0.39 is 11.6 Å². The molecule has 0 unspecified atom stereocenters. The van der Waals surface area contributed by atoms with Gasteiger partial charge in [-0.1, -0.05) is 33.2 Å². The Labute approximate surface area is 117 Å². The molecule has 4 nitrogen and oxygen atoms in total. The molecule has 19 heavy (non-hydrogen) atoms. The monoisotopic (exact) mass is 327 g/mol. The van der Waals surface area contributed by atoms with Gasteiger partial charge in [0.1, 0.15) is 11.4 Å². The second kappa shape index (κ2) is 4.77. The maximum Gasteiger partial charge on any atom is 0.374 e. The van der Waals surface area contributed by atoms with E-state index in [1.807, 2.05) is 0 Å². The first-order chi connectivity index (χ1) is 8.79. The van der Waals surface area contributed by atoms with E-state index in [0.29, 0.717) is 21.3 Å². The summed E-state index contributed by atoms with van der Waals surface area (Å²) >= 11 is 3.30. The third-order valence-corrected chi connectivity index (χ3v) is 3.28. The predicted molar refractivity (Wildman–Crippen MR) is 70.7 cm³/mol. The van der Waals surface area contributed by atoms with Crippen molar-refractivity contribution in [3.8, 4) is 11.3 Å². The molecular weight excluding hydrogens is 317 g/mol.